The molecule has 0 aliphatic rings. The lowest BCUT2D eigenvalue weighted by atomic mass is 10.0. The summed E-state index contributed by atoms with van der Waals surface area (Å²) in [6.45, 7) is 1.65. The highest BCUT2D eigenvalue weighted by molar-refractivity contribution is 5.38. The largest absolute Gasteiger partial charge is 0.393 e. The summed E-state index contributed by atoms with van der Waals surface area (Å²) in [6, 6.07) is 1.60. The third-order valence-corrected chi connectivity index (χ3v) is 2.27. The van der Waals surface area contributed by atoms with Gasteiger partial charge in [-0.1, -0.05) is 6.92 Å². The van der Waals surface area contributed by atoms with Crippen LogP contribution in [0.5, 0.6) is 0 Å². The van der Waals surface area contributed by atoms with Crippen LogP contribution in [0.3, 0.4) is 0 Å². The van der Waals surface area contributed by atoms with Crippen LogP contribution in [0.2, 0.25) is 0 Å². The van der Waals surface area contributed by atoms with E-state index in [0.717, 1.165) is 12.1 Å². The molecule has 0 amide bonds. The summed E-state index contributed by atoms with van der Waals surface area (Å²) < 4.78 is 26.7. The summed E-state index contributed by atoms with van der Waals surface area (Å²) in [4.78, 5) is 9.50. The van der Waals surface area contributed by atoms with Crippen LogP contribution in [0.25, 0.3) is 0 Å². The molecule has 0 radical (unpaired) electrons. The second-order valence-electron chi connectivity index (χ2n) is 3.38. The van der Waals surface area contributed by atoms with Crippen molar-refractivity contribution >= 4 is 5.69 Å². The van der Waals surface area contributed by atoms with Crippen molar-refractivity contribution in [1.29, 1.82) is 0 Å². The minimum Gasteiger partial charge on any atom is -0.393 e. The van der Waals surface area contributed by atoms with Gasteiger partial charge in [-0.15, -0.1) is 0 Å². The number of hydrogen-bond donors (Lipinski definition) is 1. The zero-order chi connectivity index (χ0) is 12.3. The number of halogens is 2. The van der Waals surface area contributed by atoms with Crippen molar-refractivity contribution in [2.24, 2.45) is 0 Å². The quantitative estimate of drug-likeness (QED) is 0.638. The zero-order valence-corrected chi connectivity index (χ0v) is 8.61. The molecule has 0 bridgehead atoms. The number of nitro groups is 1. The van der Waals surface area contributed by atoms with Gasteiger partial charge < -0.3 is 5.11 Å². The number of aliphatic hydroxyl groups excluding tert-OH is 1. The van der Waals surface area contributed by atoms with Crippen LogP contribution in [0.4, 0.5) is 14.5 Å². The first-order valence-corrected chi connectivity index (χ1v) is 4.76. The molecule has 0 spiro atoms. The first kappa shape index (κ1) is 12.5. The van der Waals surface area contributed by atoms with Crippen molar-refractivity contribution in [2.75, 3.05) is 0 Å². The number of nitro benzene ring substituents is 1. The fourth-order valence-electron chi connectivity index (χ4n) is 1.29. The van der Waals surface area contributed by atoms with E-state index in [1.54, 1.807) is 6.92 Å². The molecule has 0 aliphatic heterocycles. The van der Waals surface area contributed by atoms with Gasteiger partial charge in [-0.3, -0.25) is 10.1 Å². The topological polar surface area (TPSA) is 63.4 Å². The summed E-state index contributed by atoms with van der Waals surface area (Å²) in [6.07, 6.45) is -0.858. The van der Waals surface area contributed by atoms with Crippen molar-refractivity contribution in [3.8, 4) is 0 Å². The van der Waals surface area contributed by atoms with E-state index < -0.39 is 33.9 Å². The average Bonchev–Trinajstić information content (AvgIpc) is 2.23. The van der Waals surface area contributed by atoms with Crippen LogP contribution in [-0.4, -0.2) is 16.1 Å². The van der Waals surface area contributed by atoms with Crippen molar-refractivity contribution < 1.29 is 18.8 Å². The van der Waals surface area contributed by atoms with Crippen LogP contribution in [0.15, 0.2) is 12.1 Å². The smallest absolute Gasteiger partial charge is 0.305 e. The first-order valence-electron chi connectivity index (χ1n) is 4.76. The molecule has 1 rings (SSSR count). The predicted octanol–water partition coefficient (Wildman–Crippen LogP) is 2.19. The molecule has 1 atom stereocenters. The molecule has 6 heteroatoms. The van der Waals surface area contributed by atoms with Gasteiger partial charge in [-0.2, -0.15) is 4.39 Å². The minimum atomic E-state index is -1.21. The van der Waals surface area contributed by atoms with E-state index in [1.807, 2.05) is 0 Å². The van der Waals surface area contributed by atoms with E-state index >= 15 is 0 Å². The zero-order valence-electron chi connectivity index (χ0n) is 8.61. The standard InChI is InChI=1S/C10H11F2NO3/c1-2-6(14)5-7-8(11)3-4-9(10(7)12)13(15)16/h3-4,6,14H,2,5H2,1H3. The molecule has 88 valence electrons. The Bertz CT molecular complexity index is 409. The maximum atomic E-state index is 13.5. The Hall–Kier alpha value is -1.56. The monoisotopic (exact) mass is 231 g/mol. The number of aliphatic hydroxyl groups is 1. The summed E-state index contributed by atoms with van der Waals surface area (Å²) in [7, 11) is 0. The average molecular weight is 231 g/mol. The molecule has 0 fully saturated rings. The maximum Gasteiger partial charge on any atom is 0.305 e. The molecule has 1 aromatic rings. The highest BCUT2D eigenvalue weighted by atomic mass is 19.1. The molecule has 1 N–H and O–H groups in total. The summed E-state index contributed by atoms with van der Waals surface area (Å²) in [5.41, 5.74) is -1.22. The fourth-order valence-corrected chi connectivity index (χ4v) is 1.29. The van der Waals surface area contributed by atoms with Gasteiger partial charge in [0.2, 0.25) is 5.82 Å². The second-order valence-corrected chi connectivity index (χ2v) is 3.38. The summed E-state index contributed by atoms with van der Waals surface area (Å²) in [5, 5.41) is 19.7. The Morgan fingerprint density at radius 3 is 2.62 bits per heavy atom. The third kappa shape index (κ3) is 2.52. The molecule has 16 heavy (non-hydrogen) atoms. The molecule has 0 aromatic heterocycles. The van der Waals surface area contributed by atoms with Crippen molar-refractivity contribution in [2.45, 2.75) is 25.9 Å². The van der Waals surface area contributed by atoms with E-state index in [4.69, 9.17) is 0 Å². The van der Waals surface area contributed by atoms with Crippen LogP contribution < -0.4 is 0 Å². The maximum absolute atomic E-state index is 13.5. The second kappa shape index (κ2) is 4.98. The highest BCUT2D eigenvalue weighted by Gasteiger charge is 2.22. The molecule has 0 aliphatic carbocycles. The van der Waals surface area contributed by atoms with Gasteiger partial charge in [0.1, 0.15) is 5.82 Å². The van der Waals surface area contributed by atoms with Crippen LogP contribution in [0.1, 0.15) is 18.9 Å². The molecule has 1 unspecified atom stereocenters. The molecular formula is C10H11F2NO3. The normalized spacial score (nSPS) is 12.5. The minimum absolute atomic E-state index is 0.268. The Labute approximate surface area is 90.7 Å². The van der Waals surface area contributed by atoms with Gasteiger partial charge in [-0.05, 0) is 12.5 Å². The Morgan fingerprint density at radius 1 is 1.50 bits per heavy atom. The Kier molecular flexibility index (Phi) is 3.89. The van der Waals surface area contributed by atoms with Crippen molar-refractivity contribution in [1.82, 2.24) is 0 Å². The molecule has 4 nitrogen and oxygen atoms in total. The fraction of sp³-hybridized carbons (Fsp3) is 0.400. The van der Waals surface area contributed by atoms with Gasteiger partial charge in [0.05, 0.1) is 11.0 Å². The van der Waals surface area contributed by atoms with Gasteiger partial charge in [-0.25, -0.2) is 4.39 Å². The molecule has 0 saturated carbocycles. The van der Waals surface area contributed by atoms with E-state index in [2.05, 4.69) is 0 Å². The number of hydrogen-bond acceptors (Lipinski definition) is 3. The van der Waals surface area contributed by atoms with Gasteiger partial charge >= 0.3 is 5.69 Å². The van der Waals surface area contributed by atoms with E-state index in [1.165, 1.54) is 0 Å². The molecular weight excluding hydrogens is 220 g/mol. The molecule has 0 saturated heterocycles. The molecule has 1 aromatic carbocycles. The van der Waals surface area contributed by atoms with E-state index in [9.17, 15) is 24.0 Å². The first-order chi connectivity index (χ1) is 7.47. The Morgan fingerprint density at radius 2 is 2.12 bits per heavy atom. The predicted molar refractivity (Wildman–Crippen MR) is 53.0 cm³/mol. The summed E-state index contributed by atoms with van der Waals surface area (Å²) in [5.74, 6) is -2.09. The molecule has 0 heterocycles. The lowest BCUT2D eigenvalue weighted by molar-refractivity contribution is -0.387. The van der Waals surface area contributed by atoms with E-state index in [-0.39, 0.29) is 6.42 Å². The number of nitrogens with zero attached hydrogens (tertiary/aromatic N) is 1. The van der Waals surface area contributed by atoms with Crippen molar-refractivity contribution in [3.05, 3.63) is 39.4 Å². The SMILES string of the molecule is CCC(O)Cc1c(F)ccc([N+](=O)[O-])c1F. The van der Waals surface area contributed by atoms with Crippen molar-refractivity contribution in [3.63, 3.8) is 0 Å². The van der Waals surface area contributed by atoms with Crippen LogP contribution >= 0.6 is 0 Å². The van der Waals surface area contributed by atoms with Gasteiger partial charge in [0, 0.05) is 18.1 Å². The number of rotatable bonds is 4. The van der Waals surface area contributed by atoms with Gasteiger partial charge in [0.25, 0.3) is 0 Å². The summed E-state index contributed by atoms with van der Waals surface area (Å²) >= 11 is 0. The third-order valence-electron chi connectivity index (χ3n) is 2.27. The van der Waals surface area contributed by atoms with Gasteiger partial charge in [0.15, 0.2) is 0 Å². The van der Waals surface area contributed by atoms with E-state index in [0.29, 0.717) is 6.42 Å². The lowest BCUT2D eigenvalue weighted by Gasteiger charge is -2.09. The highest BCUT2D eigenvalue weighted by Crippen LogP contribution is 2.24. The Balaban J connectivity index is 3.16. The van der Waals surface area contributed by atoms with Crippen LogP contribution in [0, 0.1) is 21.7 Å². The van der Waals surface area contributed by atoms with Crippen LogP contribution in [-0.2, 0) is 6.42 Å². The lowest BCUT2D eigenvalue weighted by Crippen LogP contribution is -2.12. The number of benzene rings is 1.